The second-order valence-corrected chi connectivity index (χ2v) is 9.60. The number of hydrogen-bond donors (Lipinski definition) is 2. The van der Waals surface area contributed by atoms with E-state index in [2.05, 4.69) is 75.5 Å². The number of aryl methyl sites for hydroxylation is 1. The summed E-state index contributed by atoms with van der Waals surface area (Å²) in [5, 5.41) is 14.5. The number of aliphatic hydroxyl groups excluding tert-OH is 1. The van der Waals surface area contributed by atoms with Crippen molar-refractivity contribution in [3.05, 3.63) is 96.1 Å². The van der Waals surface area contributed by atoms with Crippen LogP contribution in [0.4, 0.5) is 11.4 Å². The van der Waals surface area contributed by atoms with Gasteiger partial charge in [-0.2, -0.15) is 0 Å². The maximum absolute atomic E-state index is 10.0. The van der Waals surface area contributed by atoms with Crippen LogP contribution in [0.25, 0.3) is 28.1 Å². The Balaban J connectivity index is 1.60. The van der Waals surface area contributed by atoms with Crippen LogP contribution in [0.3, 0.4) is 0 Å². The molecule has 1 aromatic heterocycles. The molecule has 6 heteroatoms. The van der Waals surface area contributed by atoms with E-state index in [4.69, 9.17) is 9.98 Å². The number of aromatic nitrogens is 3. The van der Waals surface area contributed by atoms with Crippen LogP contribution in [-0.2, 0) is 0 Å². The molecule has 2 N–H and O–H groups in total. The van der Waals surface area contributed by atoms with Gasteiger partial charge in [-0.1, -0.05) is 30.3 Å². The normalized spacial score (nSPS) is 18.6. The van der Waals surface area contributed by atoms with Crippen molar-refractivity contribution in [1.29, 1.82) is 0 Å². The molecular formula is C30H29N5O. The molecule has 1 fully saturated rings. The summed E-state index contributed by atoms with van der Waals surface area (Å²) in [7, 11) is 0. The monoisotopic (exact) mass is 475 g/mol. The number of nitrogens with one attached hydrogen (secondary N) is 1. The lowest BCUT2D eigenvalue weighted by Crippen LogP contribution is -2.24. The minimum atomic E-state index is -0.208. The largest absolute Gasteiger partial charge is 0.393 e. The highest BCUT2D eigenvalue weighted by Gasteiger charge is 2.20. The average Bonchev–Trinajstić information content (AvgIpc) is 2.89. The van der Waals surface area contributed by atoms with Gasteiger partial charge in [-0.05, 0) is 80.6 Å². The predicted octanol–water partition coefficient (Wildman–Crippen LogP) is 5.78. The summed E-state index contributed by atoms with van der Waals surface area (Å²) in [6.07, 6.45) is 6.83. The fourth-order valence-corrected chi connectivity index (χ4v) is 5.07. The van der Waals surface area contributed by atoms with Gasteiger partial charge in [-0.15, -0.1) is 0 Å². The summed E-state index contributed by atoms with van der Waals surface area (Å²) in [5.74, 6) is 0. The van der Waals surface area contributed by atoms with Gasteiger partial charge in [0, 0.05) is 11.9 Å². The first-order valence-electron chi connectivity index (χ1n) is 12.6. The Labute approximate surface area is 210 Å². The SMILES string of the molecule is Cc1cncc(Nc2cc3nc4ccccc4n(-c4ccccc4)c-3cc2=NC2CCC(O)CC2)c1. The van der Waals surface area contributed by atoms with E-state index in [0.29, 0.717) is 0 Å². The second-order valence-electron chi connectivity index (χ2n) is 9.60. The Bertz CT molecular complexity index is 1550. The van der Waals surface area contributed by atoms with Gasteiger partial charge < -0.3 is 15.0 Å². The van der Waals surface area contributed by atoms with Crippen LogP contribution < -0.4 is 10.7 Å². The van der Waals surface area contributed by atoms with Gasteiger partial charge in [0.05, 0.1) is 57.5 Å². The van der Waals surface area contributed by atoms with Crippen LogP contribution in [0.15, 0.2) is 90.2 Å². The predicted molar refractivity (Wildman–Crippen MR) is 144 cm³/mol. The molecule has 2 heterocycles. The molecule has 0 unspecified atom stereocenters. The Morgan fingerprint density at radius 2 is 1.69 bits per heavy atom. The molecule has 6 nitrogen and oxygen atoms in total. The number of anilines is 2. The lowest BCUT2D eigenvalue weighted by Gasteiger charge is -2.23. The number of fused-ring (bicyclic) bond motifs is 2. The number of benzene rings is 3. The first kappa shape index (κ1) is 22.4. The third kappa shape index (κ3) is 4.48. The molecule has 2 aromatic carbocycles. The quantitative estimate of drug-likeness (QED) is 0.323. The lowest BCUT2D eigenvalue weighted by atomic mass is 9.93. The maximum atomic E-state index is 10.0. The second kappa shape index (κ2) is 9.55. The minimum Gasteiger partial charge on any atom is -0.393 e. The van der Waals surface area contributed by atoms with Crippen LogP contribution in [0, 0.1) is 6.92 Å². The molecule has 0 radical (unpaired) electrons. The number of hydrogen-bond acceptors (Lipinski definition) is 5. The molecule has 1 aliphatic heterocycles. The molecule has 0 saturated heterocycles. The lowest BCUT2D eigenvalue weighted by molar-refractivity contribution is 0.123. The molecule has 0 bridgehead atoms. The topological polar surface area (TPSA) is 75.3 Å². The van der Waals surface area contributed by atoms with E-state index in [1.165, 1.54) is 0 Å². The van der Waals surface area contributed by atoms with Gasteiger partial charge in [0.25, 0.3) is 0 Å². The summed E-state index contributed by atoms with van der Waals surface area (Å²) < 4.78 is 2.26. The van der Waals surface area contributed by atoms with Crippen molar-refractivity contribution in [2.24, 2.45) is 4.99 Å². The number of aliphatic hydroxyl groups is 1. The van der Waals surface area contributed by atoms with Gasteiger partial charge in [-0.25, -0.2) is 4.98 Å². The van der Waals surface area contributed by atoms with Gasteiger partial charge in [-0.3, -0.25) is 9.98 Å². The van der Waals surface area contributed by atoms with Crippen molar-refractivity contribution < 1.29 is 5.11 Å². The zero-order chi connectivity index (χ0) is 24.5. The highest BCUT2D eigenvalue weighted by Crippen LogP contribution is 2.30. The minimum absolute atomic E-state index is 0.181. The molecule has 180 valence electrons. The molecule has 1 saturated carbocycles. The standard InChI is InChI=1S/C30H29N5O/c1-20-15-22(19-31-18-20)33-26-16-28-30(17-27(26)32-21-11-13-24(36)14-12-21)35(23-7-3-2-4-8-23)29-10-6-5-9-25(29)34-28/h2-10,15-19,21,24,33,36H,11-14H2,1H3. The third-order valence-electron chi connectivity index (χ3n) is 6.85. The molecule has 0 atom stereocenters. The van der Waals surface area contributed by atoms with Crippen molar-refractivity contribution >= 4 is 22.4 Å². The third-order valence-corrected chi connectivity index (χ3v) is 6.85. The highest BCUT2D eigenvalue weighted by atomic mass is 16.3. The molecule has 3 aliphatic rings. The van der Waals surface area contributed by atoms with E-state index in [0.717, 1.165) is 76.1 Å². The zero-order valence-corrected chi connectivity index (χ0v) is 20.3. The van der Waals surface area contributed by atoms with Gasteiger partial charge in [0.2, 0.25) is 0 Å². The van der Waals surface area contributed by atoms with Crippen LogP contribution >= 0.6 is 0 Å². The Morgan fingerprint density at radius 1 is 0.917 bits per heavy atom. The Hall–Kier alpha value is -4.03. The van der Waals surface area contributed by atoms with Gasteiger partial charge in [0.15, 0.2) is 0 Å². The number of nitrogens with zero attached hydrogens (tertiary/aromatic N) is 4. The number of para-hydroxylation sites is 3. The molecule has 6 rings (SSSR count). The smallest absolute Gasteiger partial charge is 0.0900 e. The average molecular weight is 476 g/mol. The number of pyridine rings is 1. The fraction of sp³-hybridized carbons (Fsp3) is 0.233. The first-order valence-corrected chi connectivity index (χ1v) is 12.6. The fourth-order valence-electron chi connectivity index (χ4n) is 5.07. The highest BCUT2D eigenvalue weighted by molar-refractivity contribution is 5.84. The van der Waals surface area contributed by atoms with Gasteiger partial charge >= 0.3 is 0 Å². The van der Waals surface area contributed by atoms with Crippen LogP contribution in [0.5, 0.6) is 0 Å². The van der Waals surface area contributed by atoms with Crippen molar-refractivity contribution in [2.75, 3.05) is 5.32 Å². The summed E-state index contributed by atoms with van der Waals surface area (Å²) in [6.45, 7) is 2.04. The molecule has 2 aliphatic carbocycles. The molecule has 3 aromatic rings. The van der Waals surface area contributed by atoms with Crippen molar-refractivity contribution in [3.8, 4) is 17.1 Å². The Morgan fingerprint density at radius 3 is 2.50 bits per heavy atom. The zero-order valence-electron chi connectivity index (χ0n) is 20.3. The molecule has 36 heavy (non-hydrogen) atoms. The van der Waals surface area contributed by atoms with Crippen molar-refractivity contribution in [3.63, 3.8) is 0 Å². The summed E-state index contributed by atoms with van der Waals surface area (Å²) in [5.41, 5.74) is 7.86. The van der Waals surface area contributed by atoms with E-state index in [9.17, 15) is 5.11 Å². The van der Waals surface area contributed by atoms with Gasteiger partial charge in [0.1, 0.15) is 0 Å². The maximum Gasteiger partial charge on any atom is 0.0900 e. The van der Waals surface area contributed by atoms with E-state index < -0.39 is 0 Å². The van der Waals surface area contributed by atoms with E-state index in [1.807, 2.05) is 31.5 Å². The van der Waals surface area contributed by atoms with Crippen LogP contribution in [-0.4, -0.2) is 31.8 Å². The molecule has 0 amide bonds. The first-order chi connectivity index (χ1) is 17.6. The van der Waals surface area contributed by atoms with Crippen molar-refractivity contribution in [1.82, 2.24) is 14.5 Å². The van der Waals surface area contributed by atoms with Crippen LogP contribution in [0.1, 0.15) is 31.2 Å². The summed E-state index contributed by atoms with van der Waals surface area (Å²) >= 11 is 0. The molecule has 0 spiro atoms. The van der Waals surface area contributed by atoms with E-state index >= 15 is 0 Å². The van der Waals surface area contributed by atoms with E-state index in [-0.39, 0.29) is 12.1 Å². The Kier molecular flexibility index (Phi) is 5.95. The summed E-state index contributed by atoms with van der Waals surface area (Å²) in [6, 6.07) is 25.1. The van der Waals surface area contributed by atoms with Crippen molar-refractivity contribution in [2.45, 2.75) is 44.8 Å². The summed E-state index contributed by atoms with van der Waals surface area (Å²) in [4.78, 5) is 14.6. The van der Waals surface area contributed by atoms with E-state index in [1.54, 1.807) is 0 Å². The van der Waals surface area contributed by atoms with Crippen LogP contribution in [0.2, 0.25) is 0 Å². The number of rotatable bonds is 4. The molecular weight excluding hydrogens is 446 g/mol.